The van der Waals surface area contributed by atoms with Crippen LogP contribution in [0.15, 0.2) is 48.7 Å². The van der Waals surface area contributed by atoms with Gasteiger partial charge < -0.3 is 24.8 Å². The third-order valence-corrected chi connectivity index (χ3v) is 5.64. The number of carbonyl (C=O) groups is 1. The first-order valence-electron chi connectivity index (χ1n) is 10.3. The average molecular weight is 476 g/mol. The molecule has 2 atom stereocenters. The first-order chi connectivity index (χ1) is 16.2. The van der Waals surface area contributed by atoms with Crippen molar-refractivity contribution in [1.82, 2.24) is 9.78 Å². The largest absolute Gasteiger partial charge is 0.497 e. The fourth-order valence-electron chi connectivity index (χ4n) is 3.90. The first kappa shape index (κ1) is 23.3. The minimum atomic E-state index is -4.55. The molecule has 2 heterocycles. The van der Waals surface area contributed by atoms with Crippen molar-refractivity contribution < 1.29 is 32.2 Å². The van der Waals surface area contributed by atoms with Crippen molar-refractivity contribution in [2.45, 2.75) is 24.7 Å². The maximum Gasteiger partial charge on any atom is 0.410 e. The molecule has 1 amide bonds. The van der Waals surface area contributed by atoms with E-state index in [1.165, 1.54) is 21.3 Å². The number of benzene rings is 2. The predicted octanol–water partition coefficient (Wildman–Crippen LogP) is 4.82. The summed E-state index contributed by atoms with van der Waals surface area (Å²) in [6, 6.07) is 8.93. The number of hydrogen-bond donors (Lipinski definition) is 2. The van der Waals surface area contributed by atoms with Crippen molar-refractivity contribution in [3.05, 3.63) is 59.8 Å². The van der Waals surface area contributed by atoms with E-state index in [9.17, 15) is 18.0 Å². The van der Waals surface area contributed by atoms with Crippen LogP contribution in [0.5, 0.6) is 17.2 Å². The van der Waals surface area contributed by atoms with E-state index < -0.39 is 24.2 Å². The number of amides is 1. The van der Waals surface area contributed by atoms with Crippen LogP contribution in [0.2, 0.25) is 0 Å². The van der Waals surface area contributed by atoms with Crippen LogP contribution in [0, 0.1) is 0 Å². The topological polar surface area (TPSA) is 86.6 Å². The normalized spacial score (nSPS) is 17.4. The second-order valence-electron chi connectivity index (χ2n) is 7.64. The number of halogens is 3. The Morgan fingerprint density at radius 2 is 1.76 bits per heavy atom. The van der Waals surface area contributed by atoms with Crippen LogP contribution in [0.3, 0.4) is 0 Å². The number of rotatable bonds is 6. The molecule has 1 aromatic heterocycles. The summed E-state index contributed by atoms with van der Waals surface area (Å²) < 4.78 is 58.1. The molecule has 0 saturated heterocycles. The molecule has 0 saturated carbocycles. The molecule has 8 nitrogen and oxygen atoms in total. The molecule has 3 aromatic rings. The summed E-state index contributed by atoms with van der Waals surface area (Å²) in [4.78, 5) is 13.0. The Morgan fingerprint density at radius 1 is 1.06 bits per heavy atom. The lowest BCUT2D eigenvalue weighted by atomic mass is 9.96. The lowest BCUT2D eigenvalue weighted by Crippen LogP contribution is -2.36. The van der Waals surface area contributed by atoms with Gasteiger partial charge in [-0.1, -0.05) is 12.1 Å². The molecule has 11 heteroatoms. The van der Waals surface area contributed by atoms with Gasteiger partial charge in [0.25, 0.3) is 5.91 Å². The van der Waals surface area contributed by atoms with Gasteiger partial charge in [-0.15, -0.1) is 0 Å². The van der Waals surface area contributed by atoms with E-state index in [1.807, 2.05) is 0 Å². The Balaban J connectivity index is 1.65. The van der Waals surface area contributed by atoms with E-state index in [4.69, 9.17) is 14.2 Å². The van der Waals surface area contributed by atoms with Crippen LogP contribution in [-0.4, -0.2) is 43.2 Å². The predicted molar refractivity (Wildman–Crippen MR) is 119 cm³/mol. The number of aromatic nitrogens is 2. The Kier molecular flexibility index (Phi) is 6.27. The maximum atomic E-state index is 13.9. The molecule has 1 aliphatic rings. The average Bonchev–Trinajstić information content (AvgIpc) is 3.26. The highest BCUT2D eigenvalue weighted by atomic mass is 19.4. The van der Waals surface area contributed by atoms with E-state index in [1.54, 1.807) is 42.5 Å². The van der Waals surface area contributed by atoms with Crippen LogP contribution >= 0.6 is 0 Å². The van der Waals surface area contributed by atoms with Gasteiger partial charge in [-0.05, 0) is 29.8 Å². The molecule has 180 valence electrons. The third-order valence-electron chi connectivity index (χ3n) is 5.64. The monoisotopic (exact) mass is 476 g/mol. The molecule has 1 aliphatic heterocycles. The van der Waals surface area contributed by atoms with Gasteiger partial charge in [0.1, 0.15) is 17.1 Å². The fourth-order valence-corrected chi connectivity index (χ4v) is 3.90. The Hall–Kier alpha value is -3.89. The molecule has 0 aliphatic carbocycles. The molecule has 4 rings (SSSR count). The highest BCUT2D eigenvalue weighted by molar-refractivity contribution is 6.07. The molecular formula is C23H23F3N4O4. The summed E-state index contributed by atoms with van der Waals surface area (Å²) in [5.74, 6) is 0.837. The van der Waals surface area contributed by atoms with Gasteiger partial charge in [0.15, 0.2) is 17.5 Å². The summed E-state index contributed by atoms with van der Waals surface area (Å²) in [5, 5.41) is 9.63. The van der Waals surface area contributed by atoms with E-state index in [2.05, 4.69) is 15.7 Å². The third kappa shape index (κ3) is 4.45. The van der Waals surface area contributed by atoms with Crippen molar-refractivity contribution >= 4 is 17.4 Å². The Morgan fingerprint density at radius 3 is 2.38 bits per heavy atom. The van der Waals surface area contributed by atoms with Crippen LogP contribution in [0.4, 0.5) is 24.7 Å². The molecule has 0 fully saturated rings. The second kappa shape index (κ2) is 9.16. The molecule has 0 spiro atoms. The van der Waals surface area contributed by atoms with E-state index in [0.29, 0.717) is 28.5 Å². The Labute approximate surface area is 193 Å². The van der Waals surface area contributed by atoms with Gasteiger partial charge >= 0.3 is 6.18 Å². The number of methoxy groups -OCH3 is 3. The molecular weight excluding hydrogens is 453 g/mol. The maximum absolute atomic E-state index is 13.9. The van der Waals surface area contributed by atoms with E-state index in [-0.39, 0.29) is 17.8 Å². The summed E-state index contributed by atoms with van der Waals surface area (Å²) in [6.07, 6.45) is -3.69. The molecule has 0 bridgehead atoms. The number of ether oxygens (including phenoxy) is 3. The van der Waals surface area contributed by atoms with Crippen LogP contribution in [-0.2, 0) is 0 Å². The number of alkyl halides is 3. The standard InChI is InChI=1S/C23H23F3N4O4/c1-32-15-7-4-13(5-8-15)17-11-20(23(24,25)26)30-21(29-17)16(12-27-30)22(31)28-14-6-9-18(33-2)19(10-14)34-3/h4-10,12,17,20,29H,11H2,1-3H3,(H,28,31)/t17-,20+/m1/s1. The van der Waals surface area contributed by atoms with E-state index >= 15 is 0 Å². The van der Waals surface area contributed by atoms with Crippen molar-refractivity contribution in [3.63, 3.8) is 0 Å². The highest BCUT2D eigenvalue weighted by Crippen LogP contribution is 2.44. The lowest BCUT2D eigenvalue weighted by molar-refractivity contribution is -0.173. The van der Waals surface area contributed by atoms with Gasteiger partial charge in [-0.2, -0.15) is 18.3 Å². The van der Waals surface area contributed by atoms with Crippen molar-refractivity contribution in [3.8, 4) is 17.2 Å². The fraction of sp³-hybridized carbons (Fsp3) is 0.304. The van der Waals surface area contributed by atoms with Gasteiger partial charge in [0.2, 0.25) is 0 Å². The number of carbonyl (C=O) groups excluding carboxylic acids is 1. The van der Waals surface area contributed by atoms with Gasteiger partial charge in [0.05, 0.1) is 33.6 Å². The smallest absolute Gasteiger partial charge is 0.410 e. The van der Waals surface area contributed by atoms with Crippen LogP contribution in [0.25, 0.3) is 0 Å². The number of fused-ring (bicyclic) bond motifs is 1. The number of anilines is 2. The highest BCUT2D eigenvalue weighted by Gasteiger charge is 2.47. The summed E-state index contributed by atoms with van der Waals surface area (Å²) >= 11 is 0. The van der Waals surface area contributed by atoms with Gasteiger partial charge in [-0.25, -0.2) is 4.68 Å². The van der Waals surface area contributed by atoms with Crippen molar-refractivity contribution in [2.75, 3.05) is 32.0 Å². The second-order valence-corrected chi connectivity index (χ2v) is 7.64. The number of nitrogens with zero attached hydrogens (tertiary/aromatic N) is 2. The lowest BCUT2D eigenvalue weighted by Gasteiger charge is -2.34. The minimum Gasteiger partial charge on any atom is -0.497 e. The SMILES string of the molecule is COc1ccc([C@H]2C[C@@H](C(F)(F)F)n3ncc(C(=O)Nc4ccc(OC)c(OC)c4)c3N2)cc1. The zero-order valence-electron chi connectivity index (χ0n) is 18.6. The van der Waals surface area contributed by atoms with Gasteiger partial charge in [0, 0.05) is 18.2 Å². The van der Waals surface area contributed by atoms with Crippen molar-refractivity contribution in [1.29, 1.82) is 0 Å². The molecule has 2 aromatic carbocycles. The summed E-state index contributed by atoms with van der Waals surface area (Å²) in [7, 11) is 4.45. The molecule has 0 radical (unpaired) electrons. The van der Waals surface area contributed by atoms with E-state index in [0.717, 1.165) is 10.9 Å². The Bertz CT molecular complexity index is 1180. The molecule has 0 unspecified atom stereocenters. The zero-order valence-corrected chi connectivity index (χ0v) is 18.6. The number of nitrogens with one attached hydrogen (secondary N) is 2. The van der Waals surface area contributed by atoms with Crippen LogP contribution < -0.4 is 24.8 Å². The summed E-state index contributed by atoms with van der Waals surface area (Å²) in [5.41, 5.74) is 1.01. The zero-order chi connectivity index (χ0) is 24.5. The van der Waals surface area contributed by atoms with Crippen molar-refractivity contribution in [2.24, 2.45) is 0 Å². The van der Waals surface area contributed by atoms with Crippen LogP contribution in [0.1, 0.15) is 34.4 Å². The summed E-state index contributed by atoms with van der Waals surface area (Å²) in [6.45, 7) is 0. The molecule has 2 N–H and O–H groups in total. The van der Waals surface area contributed by atoms with Gasteiger partial charge in [-0.3, -0.25) is 4.79 Å². The minimum absolute atomic E-state index is 0.00707. The quantitative estimate of drug-likeness (QED) is 0.531. The molecule has 34 heavy (non-hydrogen) atoms. The first-order valence-corrected chi connectivity index (χ1v) is 10.3. The number of hydrogen-bond acceptors (Lipinski definition) is 6.